The summed E-state index contributed by atoms with van der Waals surface area (Å²) in [6.07, 6.45) is 0. The smallest absolute Gasteiger partial charge is 0.138 e. The van der Waals surface area contributed by atoms with Crippen molar-refractivity contribution in [2.75, 3.05) is 24.3 Å². The van der Waals surface area contributed by atoms with E-state index in [2.05, 4.69) is 51.3 Å². The third-order valence-corrected chi connectivity index (χ3v) is 3.55. The van der Waals surface area contributed by atoms with Crippen molar-refractivity contribution in [2.45, 2.75) is 32.7 Å². The van der Waals surface area contributed by atoms with Crippen molar-refractivity contribution in [3.63, 3.8) is 0 Å². The number of aromatic nitrogens is 3. The van der Waals surface area contributed by atoms with Crippen LogP contribution in [0.15, 0.2) is 17.0 Å². The third-order valence-electron chi connectivity index (χ3n) is 2.91. The van der Waals surface area contributed by atoms with Crippen LogP contribution in [0.5, 0.6) is 0 Å². The van der Waals surface area contributed by atoms with E-state index in [-0.39, 0.29) is 5.41 Å². The van der Waals surface area contributed by atoms with Crippen molar-refractivity contribution in [2.24, 2.45) is 0 Å². The lowest BCUT2D eigenvalue weighted by molar-refractivity contribution is 0.545. The van der Waals surface area contributed by atoms with Gasteiger partial charge in [0.1, 0.15) is 17.5 Å². The summed E-state index contributed by atoms with van der Waals surface area (Å²) in [6, 6.07) is 1.96. The number of hydrogen-bond acceptors (Lipinski definition) is 6. The second-order valence-corrected chi connectivity index (χ2v) is 6.49. The highest BCUT2D eigenvalue weighted by Gasteiger charge is 2.20. The molecular formula is C14H21N5S. The second kappa shape index (κ2) is 5.75. The Morgan fingerprint density at radius 3 is 2.60 bits per heavy atom. The molecule has 2 aromatic heterocycles. The molecule has 2 heterocycles. The highest BCUT2D eigenvalue weighted by Crippen LogP contribution is 2.24. The molecule has 0 aliphatic carbocycles. The van der Waals surface area contributed by atoms with Crippen molar-refractivity contribution in [3.05, 3.63) is 28.5 Å². The van der Waals surface area contributed by atoms with Crippen molar-refractivity contribution in [1.29, 1.82) is 0 Å². The van der Waals surface area contributed by atoms with Gasteiger partial charge in [-0.15, -0.1) is 11.3 Å². The van der Waals surface area contributed by atoms with Crippen LogP contribution in [-0.2, 0) is 12.0 Å². The first-order valence-corrected chi connectivity index (χ1v) is 7.50. The summed E-state index contributed by atoms with van der Waals surface area (Å²) in [4.78, 5) is 15.6. The number of thiazole rings is 1. The van der Waals surface area contributed by atoms with Crippen LogP contribution in [0.1, 0.15) is 32.3 Å². The average molecular weight is 291 g/mol. The molecular weight excluding hydrogens is 270 g/mol. The quantitative estimate of drug-likeness (QED) is 0.938. The minimum absolute atomic E-state index is 0.0803. The van der Waals surface area contributed by atoms with Gasteiger partial charge in [0, 0.05) is 31.0 Å². The Balaban J connectivity index is 2.30. The zero-order chi connectivity index (χ0) is 14.8. The van der Waals surface area contributed by atoms with Crippen LogP contribution < -0.4 is 10.2 Å². The summed E-state index contributed by atoms with van der Waals surface area (Å²) in [6.45, 7) is 7.09. The molecule has 5 nitrogen and oxygen atoms in total. The van der Waals surface area contributed by atoms with Gasteiger partial charge in [-0.25, -0.2) is 15.0 Å². The molecule has 0 aliphatic heterocycles. The number of anilines is 2. The Bertz CT molecular complexity index is 559. The fourth-order valence-electron chi connectivity index (χ4n) is 1.73. The third kappa shape index (κ3) is 3.45. The van der Waals surface area contributed by atoms with Crippen molar-refractivity contribution < 1.29 is 0 Å². The molecule has 0 aromatic carbocycles. The van der Waals surface area contributed by atoms with Crippen LogP contribution >= 0.6 is 11.3 Å². The Hall–Kier alpha value is -1.69. The van der Waals surface area contributed by atoms with Crippen molar-refractivity contribution in [3.8, 4) is 0 Å². The SMILES string of the molecule is CNc1cc(N(C)Cc2cscn2)nc(C(C)(C)C)n1. The summed E-state index contributed by atoms with van der Waals surface area (Å²) in [7, 11) is 3.90. The molecule has 0 spiro atoms. The summed E-state index contributed by atoms with van der Waals surface area (Å²) in [5.74, 6) is 2.58. The van der Waals surface area contributed by atoms with Crippen molar-refractivity contribution >= 4 is 23.0 Å². The normalized spacial score (nSPS) is 11.4. The number of nitrogens with one attached hydrogen (secondary N) is 1. The van der Waals surface area contributed by atoms with E-state index in [1.807, 2.05) is 25.7 Å². The summed E-state index contributed by atoms with van der Waals surface area (Å²) in [5.41, 5.74) is 2.82. The van der Waals surface area contributed by atoms with Crippen LogP contribution in [0.2, 0.25) is 0 Å². The Kier molecular flexibility index (Phi) is 4.23. The number of rotatable bonds is 4. The van der Waals surface area contributed by atoms with Gasteiger partial charge in [0.25, 0.3) is 0 Å². The van der Waals surface area contributed by atoms with Gasteiger partial charge in [-0.3, -0.25) is 0 Å². The summed E-state index contributed by atoms with van der Waals surface area (Å²) in [5, 5.41) is 5.16. The molecule has 0 saturated carbocycles. The molecule has 2 rings (SSSR count). The lowest BCUT2D eigenvalue weighted by Crippen LogP contribution is -2.22. The minimum Gasteiger partial charge on any atom is -0.373 e. The van der Waals surface area contributed by atoms with Gasteiger partial charge >= 0.3 is 0 Å². The Morgan fingerprint density at radius 2 is 2.05 bits per heavy atom. The Morgan fingerprint density at radius 1 is 1.30 bits per heavy atom. The van der Waals surface area contributed by atoms with Crippen LogP contribution in [0.3, 0.4) is 0 Å². The first-order chi connectivity index (χ1) is 9.40. The Labute approximate surface area is 124 Å². The molecule has 6 heteroatoms. The summed E-state index contributed by atoms with van der Waals surface area (Å²) >= 11 is 1.61. The van der Waals surface area contributed by atoms with Gasteiger partial charge in [-0.1, -0.05) is 20.8 Å². The molecule has 0 bridgehead atoms. The first kappa shape index (κ1) is 14.7. The number of nitrogens with zero attached hydrogens (tertiary/aromatic N) is 4. The maximum atomic E-state index is 4.68. The van der Waals surface area contributed by atoms with E-state index in [0.717, 1.165) is 29.7 Å². The maximum Gasteiger partial charge on any atom is 0.138 e. The van der Waals surface area contributed by atoms with E-state index in [1.54, 1.807) is 11.3 Å². The highest BCUT2D eigenvalue weighted by atomic mass is 32.1. The predicted octanol–water partition coefficient (Wildman–Crippen LogP) is 2.91. The molecule has 2 aromatic rings. The van der Waals surface area contributed by atoms with E-state index in [4.69, 9.17) is 0 Å². The van der Waals surface area contributed by atoms with E-state index in [0.29, 0.717) is 0 Å². The summed E-state index contributed by atoms with van der Waals surface area (Å²) < 4.78 is 0. The molecule has 0 fully saturated rings. The average Bonchev–Trinajstić information content (AvgIpc) is 2.90. The maximum absolute atomic E-state index is 4.68. The fourth-order valence-corrected chi connectivity index (χ4v) is 2.28. The van der Waals surface area contributed by atoms with Gasteiger partial charge in [0.2, 0.25) is 0 Å². The lowest BCUT2D eigenvalue weighted by Gasteiger charge is -2.22. The highest BCUT2D eigenvalue weighted by molar-refractivity contribution is 7.07. The van der Waals surface area contributed by atoms with Crippen LogP contribution in [0.4, 0.5) is 11.6 Å². The zero-order valence-electron chi connectivity index (χ0n) is 12.6. The predicted molar refractivity (Wildman–Crippen MR) is 84.5 cm³/mol. The van der Waals surface area contributed by atoms with Crippen LogP contribution in [-0.4, -0.2) is 29.0 Å². The topological polar surface area (TPSA) is 53.9 Å². The van der Waals surface area contributed by atoms with Gasteiger partial charge in [0.05, 0.1) is 17.7 Å². The molecule has 0 amide bonds. The molecule has 20 heavy (non-hydrogen) atoms. The van der Waals surface area contributed by atoms with E-state index >= 15 is 0 Å². The molecule has 0 saturated heterocycles. The van der Waals surface area contributed by atoms with Gasteiger partial charge < -0.3 is 10.2 Å². The van der Waals surface area contributed by atoms with E-state index in [9.17, 15) is 0 Å². The molecule has 0 radical (unpaired) electrons. The molecule has 108 valence electrons. The lowest BCUT2D eigenvalue weighted by atomic mass is 9.96. The molecule has 0 aliphatic rings. The fraction of sp³-hybridized carbons (Fsp3) is 0.500. The van der Waals surface area contributed by atoms with Gasteiger partial charge in [-0.05, 0) is 0 Å². The van der Waals surface area contributed by atoms with Crippen molar-refractivity contribution in [1.82, 2.24) is 15.0 Å². The standard InChI is InChI=1S/C14H21N5S/c1-14(2,3)13-17-11(15-4)6-12(18-13)19(5)7-10-8-20-9-16-10/h6,8-9H,7H2,1-5H3,(H,15,17,18). The van der Waals surface area contributed by atoms with Crippen LogP contribution in [0.25, 0.3) is 0 Å². The van der Waals surface area contributed by atoms with E-state index < -0.39 is 0 Å². The van der Waals surface area contributed by atoms with E-state index in [1.165, 1.54) is 0 Å². The molecule has 1 N–H and O–H groups in total. The monoisotopic (exact) mass is 291 g/mol. The van der Waals surface area contributed by atoms with Gasteiger partial charge in [0.15, 0.2) is 0 Å². The largest absolute Gasteiger partial charge is 0.373 e. The number of hydrogen-bond donors (Lipinski definition) is 1. The zero-order valence-corrected chi connectivity index (χ0v) is 13.5. The van der Waals surface area contributed by atoms with Crippen LogP contribution in [0, 0.1) is 0 Å². The second-order valence-electron chi connectivity index (χ2n) is 5.77. The molecule has 0 unspecified atom stereocenters. The first-order valence-electron chi connectivity index (χ1n) is 6.55. The van der Waals surface area contributed by atoms with Gasteiger partial charge in [-0.2, -0.15) is 0 Å². The molecule has 0 atom stereocenters. The minimum atomic E-state index is -0.0803.